The molecule has 0 saturated carbocycles. The Morgan fingerprint density at radius 3 is 2.43 bits per heavy atom. The number of rotatable bonds is 2. The molecular weight excluding hydrogens is 100 g/mol. The third-order valence-corrected chi connectivity index (χ3v) is 0.358. The third-order valence-electron chi connectivity index (χ3n) is 0.358. The summed E-state index contributed by atoms with van der Waals surface area (Å²) in [6, 6.07) is 0. The van der Waals surface area contributed by atoms with Gasteiger partial charge in [-0.25, -0.2) is 5.32 Å². The van der Waals surface area contributed by atoms with E-state index in [0.29, 0.717) is 0 Å². The topological polar surface area (TPSA) is 12.0 Å². The van der Waals surface area contributed by atoms with Crippen LogP contribution in [-0.2, 0) is 0 Å². The minimum atomic E-state index is -2.49. The molecule has 0 rings (SSSR count). The zero-order chi connectivity index (χ0) is 5.70. The van der Waals surface area contributed by atoms with Gasteiger partial charge in [0.15, 0.2) is 0 Å². The van der Waals surface area contributed by atoms with Crippen molar-refractivity contribution in [3.05, 3.63) is 0 Å². The van der Waals surface area contributed by atoms with E-state index in [0.717, 1.165) is 0 Å². The van der Waals surface area contributed by atoms with Gasteiger partial charge in [0.1, 0.15) is 0 Å². The van der Waals surface area contributed by atoms with Crippen LogP contribution in [-0.4, -0.2) is 13.1 Å². The van der Waals surface area contributed by atoms with E-state index in [1.54, 1.807) is 5.32 Å². The lowest BCUT2D eigenvalue weighted by molar-refractivity contribution is 0.113. The molecule has 0 aromatic carbocycles. The summed E-state index contributed by atoms with van der Waals surface area (Å²) in [6.07, 6.45) is 4.63. The summed E-state index contributed by atoms with van der Waals surface area (Å²) in [4.78, 5) is 0. The molecule has 0 aromatic heterocycles. The second kappa shape index (κ2) is 3.57. The Labute approximate surface area is 40.7 Å². The zero-order valence-electron chi connectivity index (χ0n) is 3.62. The minimum Gasteiger partial charge on any atom is -0.250 e. The van der Waals surface area contributed by atoms with Gasteiger partial charge in [-0.2, -0.15) is 8.78 Å². The molecule has 0 bridgehead atoms. The lowest BCUT2D eigenvalue weighted by Crippen LogP contribution is -2.19. The van der Waals surface area contributed by atoms with Crippen molar-refractivity contribution in [2.75, 3.05) is 6.54 Å². The lowest BCUT2D eigenvalue weighted by atomic mass is 10.7. The first-order valence-corrected chi connectivity index (χ1v) is 1.72. The van der Waals surface area contributed by atoms with Crippen molar-refractivity contribution in [2.45, 2.75) is 6.55 Å². The van der Waals surface area contributed by atoms with Gasteiger partial charge in [-0.15, -0.1) is 6.42 Å². The van der Waals surface area contributed by atoms with Crippen LogP contribution in [0, 0.1) is 12.3 Å². The molecule has 1 N–H and O–H groups in total. The number of hydrogen-bond acceptors (Lipinski definition) is 1. The number of halogens is 2. The highest BCUT2D eigenvalue weighted by atomic mass is 19.3. The van der Waals surface area contributed by atoms with Crippen LogP contribution in [0.4, 0.5) is 8.78 Å². The molecule has 0 aliphatic heterocycles. The smallest absolute Gasteiger partial charge is 0.250 e. The highest BCUT2D eigenvalue weighted by Gasteiger charge is 1.93. The first-order valence-electron chi connectivity index (χ1n) is 1.72. The molecule has 0 atom stereocenters. The summed E-state index contributed by atoms with van der Waals surface area (Å²) >= 11 is 0. The molecule has 40 valence electrons. The molecule has 0 heterocycles. The van der Waals surface area contributed by atoms with E-state index in [-0.39, 0.29) is 6.54 Å². The fraction of sp³-hybridized carbons (Fsp3) is 0.500. The van der Waals surface area contributed by atoms with Crippen LogP contribution in [0.15, 0.2) is 0 Å². The molecule has 0 fully saturated rings. The predicted octanol–water partition coefficient (Wildman–Crippen LogP) is 0.432. The highest BCUT2D eigenvalue weighted by Crippen LogP contribution is 1.80. The molecule has 1 nitrogen and oxygen atoms in total. The third kappa shape index (κ3) is 5.38. The lowest BCUT2D eigenvalue weighted by Gasteiger charge is -1.92. The van der Waals surface area contributed by atoms with Crippen LogP contribution in [0.5, 0.6) is 0 Å². The standard InChI is InChI=1S/C4H5F2N/c1-2-3-7-4(5)6/h1,4,7H,3H2. The normalized spacial score (nSPS) is 8.86. The Bertz CT molecular complexity index is 74.2. The molecule has 0 radical (unpaired) electrons. The number of terminal acetylenes is 1. The van der Waals surface area contributed by atoms with E-state index < -0.39 is 6.55 Å². The maximum atomic E-state index is 11.0. The van der Waals surface area contributed by atoms with Crippen molar-refractivity contribution in [1.82, 2.24) is 5.32 Å². The first-order chi connectivity index (χ1) is 3.27. The van der Waals surface area contributed by atoms with Crippen LogP contribution < -0.4 is 5.32 Å². The summed E-state index contributed by atoms with van der Waals surface area (Å²) in [7, 11) is 0. The maximum absolute atomic E-state index is 11.0. The van der Waals surface area contributed by atoms with Gasteiger partial charge >= 0.3 is 0 Å². The fourth-order valence-corrected chi connectivity index (χ4v) is 0.136. The molecule has 7 heavy (non-hydrogen) atoms. The van der Waals surface area contributed by atoms with E-state index in [1.165, 1.54) is 0 Å². The van der Waals surface area contributed by atoms with E-state index in [2.05, 4.69) is 6.42 Å². The quantitative estimate of drug-likeness (QED) is 0.396. The average Bonchev–Trinajstić information content (AvgIpc) is 1.61. The van der Waals surface area contributed by atoms with Gasteiger partial charge < -0.3 is 0 Å². The molecular formula is C4H5F2N. The average molecular weight is 105 g/mol. The van der Waals surface area contributed by atoms with Crippen LogP contribution in [0.2, 0.25) is 0 Å². The predicted molar refractivity (Wildman–Crippen MR) is 22.8 cm³/mol. The molecule has 0 saturated heterocycles. The van der Waals surface area contributed by atoms with Crippen LogP contribution in [0.1, 0.15) is 0 Å². The van der Waals surface area contributed by atoms with Crippen molar-refractivity contribution in [3.8, 4) is 12.3 Å². The molecule has 0 aliphatic rings. The first kappa shape index (κ1) is 6.38. The van der Waals surface area contributed by atoms with Crippen LogP contribution in [0.3, 0.4) is 0 Å². The van der Waals surface area contributed by atoms with Crippen LogP contribution in [0.25, 0.3) is 0 Å². The second-order valence-electron chi connectivity index (χ2n) is 0.886. The Morgan fingerprint density at radius 2 is 2.29 bits per heavy atom. The SMILES string of the molecule is C#CCNC(F)F. The Morgan fingerprint density at radius 1 is 1.71 bits per heavy atom. The van der Waals surface area contributed by atoms with Crippen LogP contribution >= 0.6 is 0 Å². The van der Waals surface area contributed by atoms with Gasteiger partial charge in [0.25, 0.3) is 6.55 Å². The molecule has 0 aromatic rings. The number of alkyl halides is 2. The maximum Gasteiger partial charge on any atom is 0.293 e. The minimum absolute atomic E-state index is 0.0718. The Hall–Kier alpha value is -0.620. The van der Waals surface area contributed by atoms with Gasteiger partial charge in [0.2, 0.25) is 0 Å². The van der Waals surface area contributed by atoms with E-state index >= 15 is 0 Å². The molecule has 3 heteroatoms. The fourth-order valence-electron chi connectivity index (χ4n) is 0.136. The van der Waals surface area contributed by atoms with Gasteiger partial charge in [-0.05, 0) is 0 Å². The van der Waals surface area contributed by atoms with Gasteiger partial charge in [-0.1, -0.05) is 5.92 Å². The molecule has 0 spiro atoms. The highest BCUT2D eigenvalue weighted by molar-refractivity contribution is 4.86. The second-order valence-corrected chi connectivity index (χ2v) is 0.886. The van der Waals surface area contributed by atoms with E-state index in [9.17, 15) is 8.78 Å². The van der Waals surface area contributed by atoms with E-state index in [4.69, 9.17) is 0 Å². The summed E-state index contributed by atoms with van der Waals surface area (Å²) in [5.41, 5.74) is 0. The monoisotopic (exact) mass is 105 g/mol. The van der Waals surface area contributed by atoms with E-state index in [1.807, 2.05) is 5.92 Å². The summed E-state index contributed by atoms with van der Waals surface area (Å²) in [5.74, 6) is 2.01. The van der Waals surface area contributed by atoms with Gasteiger partial charge in [0, 0.05) is 0 Å². The summed E-state index contributed by atoms with van der Waals surface area (Å²) in [6.45, 7) is -2.56. The van der Waals surface area contributed by atoms with Crippen molar-refractivity contribution >= 4 is 0 Å². The van der Waals surface area contributed by atoms with Crippen molar-refractivity contribution in [2.24, 2.45) is 0 Å². The van der Waals surface area contributed by atoms with Crippen molar-refractivity contribution < 1.29 is 8.78 Å². The Balaban J connectivity index is 2.86. The number of hydrogen-bond donors (Lipinski definition) is 1. The number of nitrogens with one attached hydrogen (secondary N) is 1. The zero-order valence-corrected chi connectivity index (χ0v) is 3.62. The van der Waals surface area contributed by atoms with Gasteiger partial charge in [-0.3, -0.25) is 0 Å². The van der Waals surface area contributed by atoms with Crippen molar-refractivity contribution in [1.29, 1.82) is 0 Å². The molecule has 0 unspecified atom stereocenters. The summed E-state index contributed by atoms with van der Waals surface area (Å²) in [5, 5.41) is 1.73. The van der Waals surface area contributed by atoms with Gasteiger partial charge in [0.05, 0.1) is 6.54 Å². The molecule has 0 amide bonds. The van der Waals surface area contributed by atoms with Crippen molar-refractivity contribution in [3.63, 3.8) is 0 Å². The summed E-state index contributed by atoms with van der Waals surface area (Å²) < 4.78 is 22.0. The molecule has 0 aliphatic carbocycles. The Kier molecular flexibility index (Phi) is 3.25. The largest absolute Gasteiger partial charge is 0.293 e.